The van der Waals surface area contributed by atoms with E-state index in [2.05, 4.69) is 45.8 Å². The third-order valence-electron chi connectivity index (χ3n) is 2.83. The van der Waals surface area contributed by atoms with Crippen molar-refractivity contribution < 1.29 is 23.2 Å². The Bertz CT molecular complexity index is 299. The molecule has 5 nitrogen and oxygen atoms in total. The maximum atomic E-state index is 9.34. The van der Waals surface area contributed by atoms with Crippen LogP contribution in [0.3, 0.4) is 0 Å². The van der Waals surface area contributed by atoms with Crippen molar-refractivity contribution in [1.29, 1.82) is 0 Å². The van der Waals surface area contributed by atoms with Crippen molar-refractivity contribution in [3.8, 4) is 0 Å². The van der Waals surface area contributed by atoms with Crippen LogP contribution in [0.4, 0.5) is 0 Å². The van der Waals surface area contributed by atoms with Crippen LogP contribution < -0.4 is 0 Å². The minimum absolute atomic E-state index is 0.0171. The molecule has 2 atom stereocenters. The van der Waals surface area contributed by atoms with Crippen molar-refractivity contribution in [2.24, 2.45) is 0 Å². The first kappa shape index (κ1) is 22.5. The summed E-state index contributed by atoms with van der Waals surface area (Å²) in [6.07, 6.45) is 0.0570. The fraction of sp³-hybridized carbons (Fsp3) is 1.00. The summed E-state index contributed by atoms with van der Waals surface area (Å²) < 4.78 is 18.5. The van der Waals surface area contributed by atoms with E-state index in [1.54, 1.807) is 0 Å². The number of rotatable bonds is 11. The quantitative estimate of drug-likeness (QED) is 0.549. The van der Waals surface area contributed by atoms with E-state index >= 15 is 0 Å². The van der Waals surface area contributed by atoms with Crippen LogP contribution in [-0.2, 0) is 13.0 Å². The molecule has 2 N–H and O–H groups in total. The molecule has 0 heterocycles. The van der Waals surface area contributed by atoms with Gasteiger partial charge in [-0.25, -0.2) is 0 Å². The van der Waals surface area contributed by atoms with Crippen molar-refractivity contribution in [2.75, 3.05) is 13.2 Å². The molecule has 0 bridgehead atoms. The standard InChI is InChI=1S/C14H36O5Si3/c1-13(17-12-14(16)11-15)9-10-22(8,18-20(2,3)4)19-21(5,6)7/h13-16H,9-12H2,1-8H3. The topological polar surface area (TPSA) is 68.2 Å². The van der Waals surface area contributed by atoms with Crippen molar-refractivity contribution in [3.05, 3.63) is 0 Å². The van der Waals surface area contributed by atoms with Crippen LogP contribution >= 0.6 is 0 Å². The lowest BCUT2D eigenvalue weighted by Gasteiger charge is -2.39. The van der Waals surface area contributed by atoms with Crippen LogP contribution in [0, 0.1) is 0 Å². The van der Waals surface area contributed by atoms with Gasteiger partial charge in [0.05, 0.1) is 19.3 Å². The Hall–Kier alpha value is 0.451. The molecule has 8 heteroatoms. The largest absolute Gasteiger partial charge is 0.437 e. The van der Waals surface area contributed by atoms with E-state index in [1.165, 1.54) is 0 Å². The summed E-state index contributed by atoms with van der Waals surface area (Å²) >= 11 is 0. The molecule has 0 spiro atoms. The molecule has 0 aliphatic rings. The van der Waals surface area contributed by atoms with Gasteiger partial charge in [-0.15, -0.1) is 0 Å². The summed E-state index contributed by atoms with van der Waals surface area (Å²) in [4.78, 5) is 0. The molecular formula is C14H36O5Si3. The maximum Gasteiger partial charge on any atom is 0.314 e. The van der Waals surface area contributed by atoms with Gasteiger partial charge < -0.3 is 23.2 Å². The van der Waals surface area contributed by atoms with Gasteiger partial charge in [0, 0.05) is 0 Å². The minimum atomic E-state index is -2.22. The zero-order chi connectivity index (χ0) is 17.6. The lowest BCUT2D eigenvalue weighted by molar-refractivity contribution is -0.0238. The first-order valence-corrected chi connectivity index (χ1v) is 17.4. The second-order valence-electron chi connectivity index (χ2n) is 8.08. The van der Waals surface area contributed by atoms with Gasteiger partial charge in [0.25, 0.3) is 0 Å². The van der Waals surface area contributed by atoms with E-state index in [0.29, 0.717) is 0 Å². The van der Waals surface area contributed by atoms with Gasteiger partial charge in [0.15, 0.2) is 16.6 Å². The zero-order valence-corrected chi connectivity index (χ0v) is 18.6. The Morgan fingerprint density at radius 1 is 0.909 bits per heavy atom. The highest BCUT2D eigenvalue weighted by atomic mass is 28.5. The number of aliphatic hydroxyl groups is 2. The Labute approximate surface area is 139 Å². The van der Waals surface area contributed by atoms with Crippen LogP contribution in [-0.4, -0.2) is 60.8 Å². The smallest absolute Gasteiger partial charge is 0.314 e. The van der Waals surface area contributed by atoms with Crippen LogP contribution in [0.2, 0.25) is 51.9 Å². The van der Waals surface area contributed by atoms with E-state index in [0.717, 1.165) is 12.5 Å². The van der Waals surface area contributed by atoms with Gasteiger partial charge in [-0.3, -0.25) is 0 Å². The molecule has 22 heavy (non-hydrogen) atoms. The molecule has 0 rings (SSSR count). The average molecular weight is 369 g/mol. The Morgan fingerprint density at radius 2 is 1.36 bits per heavy atom. The Kier molecular flexibility index (Phi) is 9.26. The summed E-state index contributed by atoms with van der Waals surface area (Å²) in [5.74, 6) is 0. The molecular weight excluding hydrogens is 332 g/mol. The molecule has 0 aromatic heterocycles. The van der Waals surface area contributed by atoms with Gasteiger partial charge in [-0.1, -0.05) is 0 Å². The van der Waals surface area contributed by atoms with Crippen LogP contribution in [0.15, 0.2) is 0 Å². The van der Waals surface area contributed by atoms with Crippen molar-refractivity contribution in [2.45, 2.75) is 77.4 Å². The summed E-state index contributed by atoms with van der Waals surface area (Å²) in [5, 5.41) is 18.1. The van der Waals surface area contributed by atoms with E-state index in [4.69, 9.17) is 18.1 Å². The lowest BCUT2D eigenvalue weighted by atomic mass is 10.3. The summed E-state index contributed by atoms with van der Waals surface area (Å²) in [6.45, 7) is 17.2. The molecule has 0 aliphatic heterocycles. The fourth-order valence-corrected chi connectivity index (χ4v) is 14.9. The number of hydrogen-bond acceptors (Lipinski definition) is 5. The van der Waals surface area contributed by atoms with Crippen LogP contribution in [0.1, 0.15) is 13.3 Å². The molecule has 0 radical (unpaired) electrons. The molecule has 2 unspecified atom stereocenters. The van der Waals surface area contributed by atoms with E-state index in [-0.39, 0.29) is 19.3 Å². The zero-order valence-electron chi connectivity index (χ0n) is 15.6. The van der Waals surface area contributed by atoms with Gasteiger partial charge in [0.1, 0.15) is 6.10 Å². The second-order valence-corrected chi connectivity index (χ2v) is 20.9. The van der Waals surface area contributed by atoms with Crippen LogP contribution in [0.25, 0.3) is 0 Å². The SMILES string of the molecule is CC(CC[Si](C)(O[Si](C)(C)C)O[Si](C)(C)C)OCC(O)CO. The second kappa shape index (κ2) is 9.07. The lowest BCUT2D eigenvalue weighted by Crippen LogP contribution is -2.52. The van der Waals surface area contributed by atoms with Gasteiger partial charge in [-0.05, 0) is 65.2 Å². The Balaban J connectivity index is 4.58. The summed E-state index contributed by atoms with van der Waals surface area (Å²) in [7, 11) is -5.54. The summed E-state index contributed by atoms with van der Waals surface area (Å²) in [5.41, 5.74) is 0. The molecule has 0 aliphatic carbocycles. The minimum Gasteiger partial charge on any atom is -0.437 e. The third-order valence-corrected chi connectivity index (χ3v) is 12.4. The Morgan fingerprint density at radius 3 is 1.73 bits per heavy atom. The number of hydrogen-bond donors (Lipinski definition) is 2. The molecule has 0 aromatic carbocycles. The van der Waals surface area contributed by atoms with Gasteiger partial charge in [0.2, 0.25) is 0 Å². The maximum absolute atomic E-state index is 9.34. The van der Waals surface area contributed by atoms with Crippen LogP contribution in [0.5, 0.6) is 0 Å². The molecule has 0 fully saturated rings. The van der Waals surface area contributed by atoms with E-state index in [1.807, 2.05) is 6.92 Å². The number of ether oxygens (including phenoxy) is 1. The highest BCUT2D eigenvalue weighted by Gasteiger charge is 2.40. The monoisotopic (exact) mass is 368 g/mol. The molecule has 0 saturated heterocycles. The fourth-order valence-electron chi connectivity index (χ4n) is 2.30. The first-order chi connectivity index (χ1) is 9.76. The van der Waals surface area contributed by atoms with E-state index in [9.17, 15) is 5.11 Å². The van der Waals surface area contributed by atoms with Gasteiger partial charge in [-0.2, -0.15) is 0 Å². The first-order valence-electron chi connectivity index (χ1n) is 8.07. The highest BCUT2D eigenvalue weighted by Crippen LogP contribution is 2.26. The van der Waals surface area contributed by atoms with Crippen molar-refractivity contribution >= 4 is 25.2 Å². The van der Waals surface area contributed by atoms with E-state index < -0.39 is 31.3 Å². The van der Waals surface area contributed by atoms with Crippen molar-refractivity contribution in [1.82, 2.24) is 0 Å². The number of aliphatic hydroxyl groups excluding tert-OH is 2. The molecule has 134 valence electrons. The molecule has 0 amide bonds. The van der Waals surface area contributed by atoms with Gasteiger partial charge >= 0.3 is 8.56 Å². The predicted octanol–water partition coefficient (Wildman–Crippen LogP) is 2.91. The third kappa shape index (κ3) is 11.9. The van der Waals surface area contributed by atoms with Crippen molar-refractivity contribution in [3.63, 3.8) is 0 Å². The average Bonchev–Trinajstić information content (AvgIpc) is 2.28. The summed E-state index contributed by atoms with van der Waals surface area (Å²) in [6, 6.07) is 0.887. The highest BCUT2D eigenvalue weighted by molar-refractivity contribution is 6.87. The molecule has 0 saturated carbocycles. The predicted molar refractivity (Wildman–Crippen MR) is 98.4 cm³/mol. The molecule has 0 aromatic rings. The normalized spacial score (nSPS) is 16.6.